The zero-order chi connectivity index (χ0) is 11.3. The first kappa shape index (κ1) is 12.1. The molecule has 1 N–H and O–H groups in total. The molecule has 1 aromatic heterocycles. The molecule has 1 aromatic rings. The summed E-state index contributed by atoms with van der Waals surface area (Å²) in [6.45, 7) is 4.59. The van der Waals surface area contributed by atoms with Crippen LogP contribution in [0.4, 0.5) is 0 Å². The second-order valence-corrected chi connectivity index (χ2v) is 3.49. The van der Waals surface area contributed by atoms with Crippen LogP contribution >= 0.6 is 0 Å². The van der Waals surface area contributed by atoms with Gasteiger partial charge in [-0.2, -0.15) is 0 Å². The molecule has 0 fully saturated rings. The van der Waals surface area contributed by atoms with Crippen LogP contribution in [0.1, 0.15) is 44.1 Å². The van der Waals surface area contributed by atoms with Crippen molar-refractivity contribution >= 4 is 0 Å². The number of hydrogen-bond donors (Lipinski definition) is 1. The molecule has 86 valence electrons. The number of aliphatic hydroxyl groups excluding tert-OH is 1. The van der Waals surface area contributed by atoms with Gasteiger partial charge in [-0.1, -0.05) is 19.1 Å². The molecule has 0 bridgehead atoms. The third-order valence-corrected chi connectivity index (χ3v) is 2.59. The van der Waals surface area contributed by atoms with Gasteiger partial charge in [-0.05, 0) is 12.8 Å². The molecule has 0 aromatic carbocycles. The number of methoxy groups -OCH3 is 1. The number of aromatic nitrogens is 3. The van der Waals surface area contributed by atoms with Gasteiger partial charge in [-0.25, -0.2) is 4.68 Å². The van der Waals surface area contributed by atoms with Crippen LogP contribution in [0.3, 0.4) is 0 Å². The van der Waals surface area contributed by atoms with Gasteiger partial charge in [0.05, 0.1) is 24.9 Å². The van der Waals surface area contributed by atoms with Crippen molar-refractivity contribution in [3.8, 4) is 0 Å². The van der Waals surface area contributed by atoms with Crippen molar-refractivity contribution < 1.29 is 9.84 Å². The number of ether oxygens (including phenoxy) is 1. The fraction of sp³-hybridized carbons (Fsp3) is 0.800. The summed E-state index contributed by atoms with van der Waals surface area (Å²) < 4.78 is 6.97. The molecule has 0 saturated carbocycles. The molecule has 5 heteroatoms. The number of aliphatic hydroxyl groups is 1. The molecule has 0 unspecified atom stereocenters. The zero-order valence-electron chi connectivity index (χ0n) is 9.60. The van der Waals surface area contributed by atoms with Crippen LogP contribution in [0.5, 0.6) is 0 Å². The van der Waals surface area contributed by atoms with Gasteiger partial charge in [-0.15, -0.1) is 5.10 Å². The molecule has 15 heavy (non-hydrogen) atoms. The normalized spacial score (nSPS) is 11.3. The van der Waals surface area contributed by atoms with E-state index in [4.69, 9.17) is 9.84 Å². The van der Waals surface area contributed by atoms with E-state index in [-0.39, 0.29) is 6.61 Å². The van der Waals surface area contributed by atoms with E-state index in [9.17, 15) is 0 Å². The second-order valence-electron chi connectivity index (χ2n) is 3.49. The molecular weight excluding hydrogens is 194 g/mol. The molecular formula is C10H19N3O2. The summed E-state index contributed by atoms with van der Waals surface area (Å²) in [6, 6.07) is 0.336. The van der Waals surface area contributed by atoms with Crippen molar-refractivity contribution in [2.75, 3.05) is 7.11 Å². The van der Waals surface area contributed by atoms with E-state index in [0.29, 0.717) is 18.3 Å². The van der Waals surface area contributed by atoms with Gasteiger partial charge in [0.25, 0.3) is 0 Å². The Labute approximate surface area is 90.1 Å². The summed E-state index contributed by atoms with van der Waals surface area (Å²) in [6.07, 6.45) is 2.00. The Balaban J connectivity index is 2.99. The third kappa shape index (κ3) is 2.54. The van der Waals surface area contributed by atoms with Crippen molar-refractivity contribution in [1.29, 1.82) is 0 Å². The first-order valence-corrected chi connectivity index (χ1v) is 5.31. The standard InChI is InChI=1S/C10H19N3O2/c1-4-8(5-2)13-10(7-15-3)9(6-14)11-12-13/h8,14H,4-7H2,1-3H3. The average molecular weight is 213 g/mol. The number of rotatable bonds is 6. The maximum Gasteiger partial charge on any atom is 0.114 e. The molecule has 0 atom stereocenters. The lowest BCUT2D eigenvalue weighted by Gasteiger charge is -2.15. The maximum atomic E-state index is 9.11. The van der Waals surface area contributed by atoms with E-state index in [1.165, 1.54) is 0 Å². The monoisotopic (exact) mass is 213 g/mol. The molecule has 5 nitrogen and oxygen atoms in total. The Bertz CT molecular complexity index is 295. The third-order valence-electron chi connectivity index (χ3n) is 2.59. The van der Waals surface area contributed by atoms with Crippen LogP contribution in [-0.2, 0) is 18.0 Å². The minimum Gasteiger partial charge on any atom is -0.390 e. The second kappa shape index (κ2) is 5.82. The van der Waals surface area contributed by atoms with Crippen LogP contribution in [-0.4, -0.2) is 27.2 Å². The highest BCUT2D eigenvalue weighted by molar-refractivity contribution is 5.08. The lowest BCUT2D eigenvalue weighted by Crippen LogP contribution is -2.13. The van der Waals surface area contributed by atoms with Crippen molar-refractivity contribution in [2.24, 2.45) is 0 Å². The SMILES string of the molecule is CCC(CC)n1nnc(CO)c1COC. The van der Waals surface area contributed by atoms with E-state index in [0.717, 1.165) is 18.5 Å². The smallest absolute Gasteiger partial charge is 0.114 e. The first-order chi connectivity index (χ1) is 7.28. The van der Waals surface area contributed by atoms with Gasteiger partial charge in [0.2, 0.25) is 0 Å². The van der Waals surface area contributed by atoms with Crippen molar-refractivity contribution in [2.45, 2.75) is 45.9 Å². The summed E-state index contributed by atoms with van der Waals surface area (Å²) in [5.74, 6) is 0. The lowest BCUT2D eigenvalue weighted by molar-refractivity contribution is 0.169. The fourth-order valence-electron chi connectivity index (χ4n) is 1.68. The topological polar surface area (TPSA) is 60.2 Å². The van der Waals surface area contributed by atoms with Crippen molar-refractivity contribution in [3.05, 3.63) is 11.4 Å². The van der Waals surface area contributed by atoms with Gasteiger partial charge in [0.15, 0.2) is 0 Å². The fourth-order valence-corrected chi connectivity index (χ4v) is 1.68. The Morgan fingerprint density at radius 1 is 1.40 bits per heavy atom. The predicted octanol–water partition coefficient (Wildman–Crippen LogP) is 1.28. The van der Waals surface area contributed by atoms with Crippen molar-refractivity contribution in [3.63, 3.8) is 0 Å². The summed E-state index contributed by atoms with van der Waals surface area (Å²) in [7, 11) is 1.63. The molecule has 0 aliphatic carbocycles. The van der Waals surface area contributed by atoms with E-state index in [1.54, 1.807) is 7.11 Å². The highest BCUT2D eigenvalue weighted by Gasteiger charge is 2.16. The molecule has 0 amide bonds. The summed E-state index contributed by atoms with van der Waals surface area (Å²) in [5.41, 5.74) is 1.50. The zero-order valence-corrected chi connectivity index (χ0v) is 9.60. The van der Waals surface area contributed by atoms with Gasteiger partial charge in [-0.3, -0.25) is 0 Å². The molecule has 0 aliphatic heterocycles. The highest BCUT2D eigenvalue weighted by Crippen LogP contribution is 2.19. The quantitative estimate of drug-likeness (QED) is 0.773. The molecule has 1 rings (SSSR count). The van der Waals surface area contributed by atoms with Gasteiger partial charge in [0.1, 0.15) is 5.69 Å². The van der Waals surface area contributed by atoms with E-state index < -0.39 is 0 Å². The molecule has 0 aliphatic rings. The van der Waals surface area contributed by atoms with E-state index >= 15 is 0 Å². The first-order valence-electron chi connectivity index (χ1n) is 5.31. The number of hydrogen-bond acceptors (Lipinski definition) is 4. The number of nitrogens with zero attached hydrogens (tertiary/aromatic N) is 3. The predicted molar refractivity (Wildman–Crippen MR) is 56.3 cm³/mol. The van der Waals surface area contributed by atoms with Crippen molar-refractivity contribution in [1.82, 2.24) is 15.0 Å². The molecule has 0 radical (unpaired) electrons. The Morgan fingerprint density at radius 2 is 2.07 bits per heavy atom. The van der Waals surface area contributed by atoms with Crippen LogP contribution < -0.4 is 0 Å². The van der Waals surface area contributed by atoms with Gasteiger partial charge in [0, 0.05) is 7.11 Å². The maximum absolute atomic E-state index is 9.11. The van der Waals surface area contributed by atoms with E-state index in [2.05, 4.69) is 24.2 Å². The highest BCUT2D eigenvalue weighted by atomic mass is 16.5. The molecule has 1 heterocycles. The van der Waals surface area contributed by atoms with Crippen LogP contribution in [0, 0.1) is 0 Å². The average Bonchev–Trinajstić information content (AvgIpc) is 2.64. The lowest BCUT2D eigenvalue weighted by atomic mass is 10.1. The molecule has 0 saturated heterocycles. The Morgan fingerprint density at radius 3 is 2.53 bits per heavy atom. The Hall–Kier alpha value is -0.940. The largest absolute Gasteiger partial charge is 0.390 e. The minimum absolute atomic E-state index is 0.0845. The van der Waals surface area contributed by atoms with Crippen LogP contribution in [0.2, 0.25) is 0 Å². The summed E-state index contributed by atoms with van der Waals surface area (Å²) in [4.78, 5) is 0. The van der Waals surface area contributed by atoms with E-state index in [1.807, 2.05) is 4.68 Å². The van der Waals surface area contributed by atoms with Gasteiger partial charge >= 0.3 is 0 Å². The van der Waals surface area contributed by atoms with Crippen LogP contribution in [0.25, 0.3) is 0 Å². The summed E-state index contributed by atoms with van der Waals surface area (Å²) in [5, 5.41) is 17.1. The minimum atomic E-state index is -0.0845. The van der Waals surface area contributed by atoms with Crippen LogP contribution in [0.15, 0.2) is 0 Å². The molecule has 0 spiro atoms. The Kier molecular flexibility index (Phi) is 4.71. The van der Waals surface area contributed by atoms with Gasteiger partial charge < -0.3 is 9.84 Å². The summed E-state index contributed by atoms with van der Waals surface area (Å²) >= 11 is 0.